The molecule has 2 amide bonds. The molecule has 2 aromatic carbocycles. The molecule has 0 spiro atoms. The Labute approximate surface area is 143 Å². The summed E-state index contributed by atoms with van der Waals surface area (Å²) >= 11 is 0. The predicted octanol–water partition coefficient (Wildman–Crippen LogP) is 2.78. The summed E-state index contributed by atoms with van der Waals surface area (Å²) in [6, 6.07) is 19.2. The fourth-order valence-electron chi connectivity index (χ4n) is 2.61. The maximum absolute atomic E-state index is 12.7. The molecule has 1 N–H and O–H groups in total. The van der Waals surface area contributed by atoms with Crippen molar-refractivity contribution >= 4 is 11.8 Å². The Morgan fingerprint density at radius 3 is 2.04 bits per heavy atom. The van der Waals surface area contributed by atoms with Crippen molar-refractivity contribution in [3.8, 4) is 0 Å². The minimum atomic E-state index is -0.501. The van der Waals surface area contributed by atoms with Gasteiger partial charge in [-0.15, -0.1) is 0 Å². The van der Waals surface area contributed by atoms with Crippen molar-refractivity contribution in [2.75, 3.05) is 7.05 Å². The van der Waals surface area contributed by atoms with Gasteiger partial charge in [0.2, 0.25) is 11.8 Å². The number of hydrogen-bond donors (Lipinski definition) is 1. The lowest BCUT2D eigenvalue weighted by molar-refractivity contribution is -0.140. The number of carbonyl (C=O) groups excluding carboxylic acids is 2. The average Bonchev–Trinajstić information content (AvgIpc) is 2.64. The van der Waals surface area contributed by atoms with Gasteiger partial charge < -0.3 is 10.2 Å². The highest BCUT2D eigenvalue weighted by atomic mass is 16.2. The lowest BCUT2D eigenvalue weighted by atomic mass is 10.1. The Kier molecular flexibility index (Phi) is 6.55. The zero-order valence-electron chi connectivity index (χ0n) is 14.2. The van der Waals surface area contributed by atoms with Crippen LogP contribution in [0.25, 0.3) is 0 Å². The van der Waals surface area contributed by atoms with Crippen molar-refractivity contribution in [3.63, 3.8) is 0 Å². The Morgan fingerprint density at radius 1 is 0.958 bits per heavy atom. The second-order valence-corrected chi connectivity index (χ2v) is 5.78. The first kappa shape index (κ1) is 17.7. The summed E-state index contributed by atoms with van der Waals surface area (Å²) in [4.78, 5) is 26.4. The maximum Gasteiger partial charge on any atom is 0.242 e. The Balaban J connectivity index is 2.08. The zero-order valence-corrected chi connectivity index (χ0v) is 14.2. The molecule has 0 fully saturated rings. The van der Waals surface area contributed by atoms with E-state index >= 15 is 0 Å². The largest absolute Gasteiger partial charge is 0.357 e. The number of aryl methyl sites for hydroxylation is 1. The molecule has 0 aliphatic rings. The topological polar surface area (TPSA) is 49.4 Å². The van der Waals surface area contributed by atoms with Crippen LogP contribution >= 0.6 is 0 Å². The predicted molar refractivity (Wildman–Crippen MR) is 95.3 cm³/mol. The summed E-state index contributed by atoms with van der Waals surface area (Å²) in [6.45, 7) is 2.20. The van der Waals surface area contributed by atoms with Crippen molar-refractivity contribution in [2.45, 2.75) is 32.4 Å². The van der Waals surface area contributed by atoms with Crippen molar-refractivity contribution in [1.82, 2.24) is 10.2 Å². The van der Waals surface area contributed by atoms with E-state index in [9.17, 15) is 9.59 Å². The second kappa shape index (κ2) is 8.87. The summed E-state index contributed by atoms with van der Waals surface area (Å²) in [5.41, 5.74) is 2.14. The first-order valence-electron chi connectivity index (χ1n) is 8.20. The summed E-state index contributed by atoms with van der Waals surface area (Å²) in [5.74, 6) is -0.169. The summed E-state index contributed by atoms with van der Waals surface area (Å²) in [5, 5.41) is 2.63. The third kappa shape index (κ3) is 4.95. The van der Waals surface area contributed by atoms with Crippen LogP contribution in [0.1, 0.15) is 24.5 Å². The van der Waals surface area contributed by atoms with Crippen LogP contribution in [0.5, 0.6) is 0 Å². The summed E-state index contributed by atoms with van der Waals surface area (Å²) in [7, 11) is 1.59. The minimum Gasteiger partial charge on any atom is -0.357 e. The molecule has 1 atom stereocenters. The van der Waals surface area contributed by atoms with Crippen molar-refractivity contribution in [1.29, 1.82) is 0 Å². The number of benzene rings is 2. The SMILES string of the molecule is CNC(=O)[C@@H](C)N(Cc1ccccc1)C(=O)CCc1ccccc1. The standard InChI is InChI=1S/C20H24N2O2/c1-16(20(24)21-2)22(15-18-11-7-4-8-12-18)19(23)14-13-17-9-5-3-6-10-17/h3-12,16H,13-15H2,1-2H3,(H,21,24)/t16-/m1/s1. The van der Waals surface area contributed by atoms with E-state index in [0.29, 0.717) is 19.4 Å². The molecular weight excluding hydrogens is 300 g/mol. The molecule has 126 valence electrons. The molecule has 24 heavy (non-hydrogen) atoms. The molecule has 0 bridgehead atoms. The van der Waals surface area contributed by atoms with Gasteiger partial charge in [0.15, 0.2) is 0 Å². The van der Waals surface area contributed by atoms with Crippen molar-refractivity contribution < 1.29 is 9.59 Å². The molecule has 0 aliphatic heterocycles. The molecule has 4 heteroatoms. The van der Waals surface area contributed by atoms with Crippen LogP contribution < -0.4 is 5.32 Å². The normalized spacial score (nSPS) is 11.6. The van der Waals surface area contributed by atoms with Gasteiger partial charge in [0, 0.05) is 20.0 Å². The average molecular weight is 324 g/mol. The van der Waals surface area contributed by atoms with Crippen LogP contribution in [0, 0.1) is 0 Å². The number of nitrogens with zero attached hydrogens (tertiary/aromatic N) is 1. The van der Waals surface area contributed by atoms with Crippen LogP contribution in [0.2, 0.25) is 0 Å². The van der Waals surface area contributed by atoms with E-state index in [2.05, 4.69) is 5.32 Å². The summed E-state index contributed by atoms with van der Waals surface area (Å²) < 4.78 is 0. The molecule has 0 aromatic heterocycles. The molecule has 0 saturated carbocycles. The van der Waals surface area contributed by atoms with E-state index in [-0.39, 0.29) is 11.8 Å². The highest BCUT2D eigenvalue weighted by Crippen LogP contribution is 2.12. The smallest absolute Gasteiger partial charge is 0.242 e. The monoisotopic (exact) mass is 324 g/mol. The molecule has 2 rings (SSSR count). The number of likely N-dealkylation sites (N-methyl/N-ethyl adjacent to an activating group) is 1. The molecule has 4 nitrogen and oxygen atoms in total. The van der Waals surface area contributed by atoms with E-state index < -0.39 is 6.04 Å². The van der Waals surface area contributed by atoms with Gasteiger partial charge in [-0.3, -0.25) is 9.59 Å². The second-order valence-electron chi connectivity index (χ2n) is 5.78. The van der Waals surface area contributed by atoms with E-state index in [4.69, 9.17) is 0 Å². The number of carbonyl (C=O) groups is 2. The van der Waals surface area contributed by atoms with Gasteiger partial charge in [0.05, 0.1) is 0 Å². The van der Waals surface area contributed by atoms with Gasteiger partial charge in [0.25, 0.3) is 0 Å². The maximum atomic E-state index is 12.7. The number of amides is 2. The lowest BCUT2D eigenvalue weighted by Crippen LogP contribution is -2.46. The van der Waals surface area contributed by atoms with Crippen LogP contribution in [0.4, 0.5) is 0 Å². The molecule has 0 saturated heterocycles. The molecule has 2 aromatic rings. The van der Waals surface area contributed by atoms with Gasteiger partial charge >= 0.3 is 0 Å². The summed E-state index contributed by atoms with van der Waals surface area (Å²) in [6.07, 6.45) is 1.06. The van der Waals surface area contributed by atoms with E-state index in [1.165, 1.54) is 0 Å². The quantitative estimate of drug-likeness (QED) is 0.851. The lowest BCUT2D eigenvalue weighted by Gasteiger charge is -2.28. The van der Waals surface area contributed by atoms with E-state index in [1.807, 2.05) is 60.7 Å². The number of hydrogen-bond acceptors (Lipinski definition) is 2. The van der Waals surface area contributed by atoms with Gasteiger partial charge in [-0.25, -0.2) is 0 Å². The third-order valence-corrected chi connectivity index (χ3v) is 4.08. The van der Waals surface area contributed by atoms with Gasteiger partial charge in [-0.2, -0.15) is 0 Å². The molecule has 0 heterocycles. The van der Waals surface area contributed by atoms with Gasteiger partial charge in [0.1, 0.15) is 6.04 Å². The molecule has 0 aliphatic carbocycles. The Morgan fingerprint density at radius 2 is 1.50 bits per heavy atom. The molecule has 0 radical (unpaired) electrons. The van der Waals surface area contributed by atoms with Crippen LogP contribution in [-0.4, -0.2) is 29.8 Å². The van der Waals surface area contributed by atoms with Crippen LogP contribution in [0.15, 0.2) is 60.7 Å². The highest BCUT2D eigenvalue weighted by Gasteiger charge is 2.25. The van der Waals surface area contributed by atoms with Gasteiger partial charge in [-0.05, 0) is 24.5 Å². The number of nitrogens with one attached hydrogen (secondary N) is 1. The van der Waals surface area contributed by atoms with Crippen LogP contribution in [0.3, 0.4) is 0 Å². The Bertz CT molecular complexity index is 656. The Hall–Kier alpha value is -2.62. The van der Waals surface area contributed by atoms with Crippen LogP contribution in [-0.2, 0) is 22.6 Å². The zero-order chi connectivity index (χ0) is 17.4. The minimum absolute atomic E-state index is 0.0150. The van der Waals surface area contributed by atoms with Crippen molar-refractivity contribution in [2.24, 2.45) is 0 Å². The fraction of sp³-hybridized carbons (Fsp3) is 0.300. The first-order valence-corrected chi connectivity index (χ1v) is 8.20. The molecular formula is C20H24N2O2. The highest BCUT2D eigenvalue weighted by molar-refractivity contribution is 5.87. The fourth-order valence-corrected chi connectivity index (χ4v) is 2.61. The first-order chi connectivity index (χ1) is 11.6. The third-order valence-electron chi connectivity index (χ3n) is 4.08. The van der Waals surface area contributed by atoms with Gasteiger partial charge in [-0.1, -0.05) is 60.7 Å². The molecule has 0 unspecified atom stereocenters. The number of rotatable bonds is 7. The van der Waals surface area contributed by atoms with Crippen molar-refractivity contribution in [3.05, 3.63) is 71.8 Å². The van der Waals surface area contributed by atoms with E-state index in [1.54, 1.807) is 18.9 Å². The van der Waals surface area contributed by atoms with E-state index in [0.717, 1.165) is 11.1 Å².